The lowest BCUT2D eigenvalue weighted by Gasteiger charge is -2.16. The van der Waals surface area contributed by atoms with Gasteiger partial charge < -0.3 is 19.5 Å². The molecule has 6 heteroatoms. The number of Topliss-reactive ketones (excluding diaryl/α,β-unsaturated/α-hetero) is 1. The van der Waals surface area contributed by atoms with Crippen LogP contribution < -0.4 is 14.8 Å². The van der Waals surface area contributed by atoms with Crippen LogP contribution in [0.3, 0.4) is 0 Å². The van der Waals surface area contributed by atoms with E-state index in [4.69, 9.17) is 14.2 Å². The lowest BCUT2D eigenvalue weighted by Crippen LogP contribution is -2.21. The van der Waals surface area contributed by atoms with Gasteiger partial charge in [0.25, 0.3) is 5.91 Å². The van der Waals surface area contributed by atoms with E-state index in [2.05, 4.69) is 5.32 Å². The molecule has 0 aromatic heterocycles. The molecule has 6 nitrogen and oxygen atoms in total. The molecule has 2 aromatic carbocycles. The molecular weight excluding hydrogens is 358 g/mol. The van der Waals surface area contributed by atoms with E-state index < -0.39 is 0 Å². The van der Waals surface area contributed by atoms with Gasteiger partial charge in [-0.05, 0) is 68.7 Å². The summed E-state index contributed by atoms with van der Waals surface area (Å²) in [6.45, 7) is 4.57. The second-order valence-corrected chi connectivity index (χ2v) is 6.86. The number of anilines is 1. The second-order valence-electron chi connectivity index (χ2n) is 6.86. The zero-order valence-electron chi connectivity index (χ0n) is 16.2. The number of carbonyl (C=O) groups is 2. The van der Waals surface area contributed by atoms with Crippen molar-refractivity contribution in [1.29, 1.82) is 0 Å². The molecular formula is C22H25NO5. The highest BCUT2D eigenvalue weighted by Gasteiger charge is 2.17. The highest BCUT2D eigenvalue weighted by atomic mass is 16.5. The van der Waals surface area contributed by atoms with Gasteiger partial charge in [-0.1, -0.05) is 6.07 Å². The Morgan fingerprint density at radius 1 is 1.14 bits per heavy atom. The Balaban J connectivity index is 1.55. The SMILES string of the molecule is CC(=O)c1ccc(OCC(=O)Nc2ccc(C)cc2OCC2CCCO2)cc1. The fourth-order valence-corrected chi connectivity index (χ4v) is 2.93. The van der Waals surface area contributed by atoms with Crippen LogP contribution >= 0.6 is 0 Å². The lowest BCUT2D eigenvalue weighted by atomic mass is 10.1. The quantitative estimate of drug-likeness (QED) is 0.703. The molecule has 28 heavy (non-hydrogen) atoms. The summed E-state index contributed by atoms with van der Waals surface area (Å²) in [4.78, 5) is 23.6. The van der Waals surface area contributed by atoms with Crippen LogP contribution in [0, 0.1) is 6.92 Å². The maximum absolute atomic E-state index is 12.3. The van der Waals surface area contributed by atoms with Crippen LogP contribution in [0.2, 0.25) is 0 Å². The topological polar surface area (TPSA) is 73.9 Å². The van der Waals surface area contributed by atoms with Crippen LogP contribution in [0.25, 0.3) is 0 Å². The third kappa shape index (κ3) is 5.57. The first-order valence-electron chi connectivity index (χ1n) is 9.40. The predicted octanol–water partition coefficient (Wildman–Crippen LogP) is 3.77. The van der Waals surface area contributed by atoms with Crippen LogP contribution in [-0.4, -0.2) is 37.6 Å². The molecule has 1 amide bonds. The van der Waals surface area contributed by atoms with E-state index in [0.717, 1.165) is 25.0 Å². The maximum Gasteiger partial charge on any atom is 0.262 e. The van der Waals surface area contributed by atoms with Gasteiger partial charge >= 0.3 is 0 Å². The van der Waals surface area contributed by atoms with E-state index in [1.54, 1.807) is 24.3 Å². The largest absolute Gasteiger partial charge is 0.489 e. The Labute approximate surface area is 164 Å². The van der Waals surface area contributed by atoms with Gasteiger partial charge in [-0.2, -0.15) is 0 Å². The zero-order valence-corrected chi connectivity index (χ0v) is 16.2. The van der Waals surface area contributed by atoms with Crippen molar-refractivity contribution in [2.75, 3.05) is 25.1 Å². The molecule has 3 rings (SSSR count). The van der Waals surface area contributed by atoms with Gasteiger partial charge in [-0.15, -0.1) is 0 Å². The van der Waals surface area contributed by atoms with Crippen LogP contribution in [0.5, 0.6) is 11.5 Å². The monoisotopic (exact) mass is 383 g/mol. The van der Waals surface area contributed by atoms with Crippen molar-refractivity contribution < 1.29 is 23.8 Å². The molecule has 0 bridgehead atoms. The minimum atomic E-state index is -0.290. The predicted molar refractivity (Wildman–Crippen MR) is 106 cm³/mol. The number of amides is 1. The smallest absolute Gasteiger partial charge is 0.262 e. The van der Waals surface area contributed by atoms with Crippen molar-refractivity contribution in [2.24, 2.45) is 0 Å². The fraction of sp³-hybridized carbons (Fsp3) is 0.364. The average molecular weight is 383 g/mol. The first-order chi connectivity index (χ1) is 13.5. The van der Waals surface area contributed by atoms with Crippen molar-refractivity contribution in [3.8, 4) is 11.5 Å². The maximum atomic E-state index is 12.3. The van der Waals surface area contributed by atoms with Crippen molar-refractivity contribution in [3.63, 3.8) is 0 Å². The summed E-state index contributed by atoms with van der Waals surface area (Å²) in [5, 5.41) is 2.83. The minimum Gasteiger partial charge on any atom is -0.489 e. The summed E-state index contributed by atoms with van der Waals surface area (Å²) < 4.78 is 17.0. The van der Waals surface area contributed by atoms with E-state index >= 15 is 0 Å². The number of carbonyl (C=O) groups excluding carboxylic acids is 2. The summed E-state index contributed by atoms with van der Waals surface area (Å²) in [6, 6.07) is 12.3. The minimum absolute atomic E-state index is 0.0146. The van der Waals surface area contributed by atoms with Crippen molar-refractivity contribution in [2.45, 2.75) is 32.8 Å². The van der Waals surface area contributed by atoms with Crippen molar-refractivity contribution >= 4 is 17.4 Å². The van der Waals surface area contributed by atoms with Gasteiger partial charge in [0.2, 0.25) is 0 Å². The van der Waals surface area contributed by atoms with Crippen LogP contribution in [0.15, 0.2) is 42.5 Å². The van der Waals surface area contributed by atoms with Gasteiger partial charge in [0.15, 0.2) is 12.4 Å². The first kappa shape index (κ1) is 19.9. The third-order valence-electron chi connectivity index (χ3n) is 4.49. The van der Waals surface area contributed by atoms with Gasteiger partial charge in [-0.3, -0.25) is 9.59 Å². The standard InChI is InChI=1S/C22H25NO5/c1-15-5-10-20(21(12-15)28-13-19-4-3-11-26-19)23-22(25)14-27-18-8-6-17(7-9-18)16(2)24/h5-10,12,19H,3-4,11,13-14H2,1-2H3,(H,23,25). The molecule has 1 atom stereocenters. The molecule has 1 saturated heterocycles. The number of aryl methyl sites for hydroxylation is 1. The molecule has 1 unspecified atom stereocenters. The summed E-state index contributed by atoms with van der Waals surface area (Å²) in [7, 11) is 0. The molecule has 148 valence electrons. The van der Waals surface area contributed by atoms with E-state index in [9.17, 15) is 9.59 Å². The molecule has 1 fully saturated rings. The van der Waals surface area contributed by atoms with Gasteiger partial charge in [0.05, 0.1) is 11.8 Å². The number of rotatable bonds is 8. The zero-order chi connectivity index (χ0) is 19.9. The van der Waals surface area contributed by atoms with Crippen LogP contribution in [-0.2, 0) is 9.53 Å². The van der Waals surface area contributed by atoms with Crippen LogP contribution in [0.1, 0.15) is 35.7 Å². The van der Waals surface area contributed by atoms with E-state index in [1.807, 2.05) is 25.1 Å². The highest BCUT2D eigenvalue weighted by Crippen LogP contribution is 2.27. The van der Waals surface area contributed by atoms with Crippen molar-refractivity contribution in [3.05, 3.63) is 53.6 Å². The number of ether oxygens (including phenoxy) is 3. The molecule has 1 N–H and O–H groups in total. The summed E-state index contributed by atoms with van der Waals surface area (Å²) in [5.74, 6) is 0.842. The Bertz CT molecular complexity index is 825. The van der Waals surface area contributed by atoms with Gasteiger partial charge in [0.1, 0.15) is 18.1 Å². The number of benzene rings is 2. The highest BCUT2D eigenvalue weighted by molar-refractivity contribution is 5.94. The second kappa shape index (κ2) is 9.37. The first-order valence-corrected chi connectivity index (χ1v) is 9.40. The molecule has 0 spiro atoms. The Kier molecular flexibility index (Phi) is 6.66. The van der Waals surface area contributed by atoms with E-state index in [-0.39, 0.29) is 24.4 Å². The average Bonchev–Trinajstić information content (AvgIpc) is 3.20. The number of hydrogen-bond acceptors (Lipinski definition) is 5. The molecule has 1 aliphatic heterocycles. The Morgan fingerprint density at radius 2 is 1.93 bits per heavy atom. The molecule has 1 aliphatic rings. The third-order valence-corrected chi connectivity index (χ3v) is 4.49. The molecule has 0 aliphatic carbocycles. The molecule has 0 saturated carbocycles. The lowest BCUT2D eigenvalue weighted by molar-refractivity contribution is -0.118. The summed E-state index contributed by atoms with van der Waals surface area (Å²) in [5.41, 5.74) is 2.25. The van der Waals surface area contributed by atoms with Gasteiger partial charge in [-0.25, -0.2) is 0 Å². The number of nitrogens with one attached hydrogen (secondary N) is 1. The van der Waals surface area contributed by atoms with Crippen LogP contribution in [0.4, 0.5) is 5.69 Å². The van der Waals surface area contributed by atoms with E-state index in [0.29, 0.717) is 29.4 Å². The molecule has 2 aromatic rings. The van der Waals surface area contributed by atoms with E-state index in [1.165, 1.54) is 6.92 Å². The molecule has 0 radical (unpaired) electrons. The fourth-order valence-electron chi connectivity index (χ4n) is 2.93. The molecule has 1 heterocycles. The number of hydrogen-bond donors (Lipinski definition) is 1. The number of ketones is 1. The normalized spacial score (nSPS) is 15.9. The van der Waals surface area contributed by atoms with Crippen molar-refractivity contribution in [1.82, 2.24) is 0 Å². The summed E-state index contributed by atoms with van der Waals surface area (Å²) in [6.07, 6.45) is 2.14. The van der Waals surface area contributed by atoms with Gasteiger partial charge in [0, 0.05) is 12.2 Å². The Morgan fingerprint density at radius 3 is 2.61 bits per heavy atom. The summed E-state index contributed by atoms with van der Waals surface area (Å²) >= 11 is 0. The Hall–Kier alpha value is -2.86.